The van der Waals surface area contributed by atoms with E-state index in [1.54, 1.807) is 45.9 Å². The molecule has 1 fully saturated rings. The summed E-state index contributed by atoms with van der Waals surface area (Å²) in [5, 5.41) is 41.5. The summed E-state index contributed by atoms with van der Waals surface area (Å²) < 4.78 is 64.5. The Hall–Kier alpha value is -6.02. The summed E-state index contributed by atoms with van der Waals surface area (Å²) in [7, 11) is 1.43. The van der Waals surface area contributed by atoms with Gasteiger partial charge in [0.2, 0.25) is 5.78 Å². The van der Waals surface area contributed by atoms with Crippen LogP contribution in [0.5, 0.6) is 11.5 Å². The number of ketones is 2. The Bertz CT molecular complexity index is 2460. The van der Waals surface area contributed by atoms with Gasteiger partial charge in [-0.25, -0.2) is 0 Å². The standard InChI is InChI=1S/C50H61F3N4O12/c1-26-12-10-13-27(2)48(64)54-35-25-36(59)38-39(44(35)63)43(62)31(6)46-40(38)47(55-67-23-21-56-17-19-57(20-18-56)34-15-11-14-33(24-34)50(51,52)53)49(8,69-46)66-22-16-37(65-9)28(3)45(68-32(7)58)30(5)42(61)29(4)41(26)60/h10-16,22,24-26,28-30,37,41-42,45,60-62H,17-21,23H2,1-9H3,(H,54,64)/t26-,28+,29+,30+,37-,41-,42+,45+,49-/m0/s1. The van der Waals surface area contributed by atoms with Gasteiger partial charge >= 0.3 is 12.1 Å². The van der Waals surface area contributed by atoms with Crippen molar-refractivity contribution in [2.24, 2.45) is 28.8 Å². The van der Waals surface area contributed by atoms with Gasteiger partial charge in [-0.1, -0.05) is 57.1 Å². The van der Waals surface area contributed by atoms with Crippen molar-refractivity contribution in [3.8, 4) is 11.5 Å². The molecule has 16 nitrogen and oxygen atoms in total. The number of phenols is 1. The molecule has 1 saturated heterocycles. The fraction of sp³-hybridized carbons (Fsp3) is 0.500. The SMILES string of the molecule is CO[C@H]1C=CO[C@@]2(C)Oc3c(C)c(O)c4c(c3C2=NOCCN2CCN(c3cccc(C(F)(F)F)c3)CC2)C(=O)C=C(NC(=O)C(C)=CC=C[C@H](C)[C@H](O)[C@@H](C)[C@@H](O)[C@@H](C)[C@H](OC(C)=O)[C@@H]1C)C4=O. The van der Waals surface area contributed by atoms with Gasteiger partial charge in [0.05, 0.1) is 52.5 Å². The molecule has 5 bridgehead atoms. The highest BCUT2D eigenvalue weighted by molar-refractivity contribution is 6.31. The van der Waals surface area contributed by atoms with Crippen molar-refractivity contribution in [3.05, 3.63) is 100.0 Å². The van der Waals surface area contributed by atoms with Crippen LogP contribution < -0.4 is 15.0 Å². The molecule has 69 heavy (non-hydrogen) atoms. The molecule has 4 N–H and O–H groups in total. The Morgan fingerprint density at radius 2 is 1.67 bits per heavy atom. The number of hydrogen-bond acceptors (Lipinski definition) is 15. The highest BCUT2D eigenvalue weighted by Gasteiger charge is 2.51. The third-order valence-electron chi connectivity index (χ3n) is 13.4. The average molecular weight is 967 g/mol. The number of aromatic hydroxyl groups is 1. The quantitative estimate of drug-likeness (QED) is 0.143. The Morgan fingerprint density at radius 1 is 0.971 bits per heavy atom. The molecule has 0 radical (unpaired) electrons. The van der Waals surface area contributed by atoms with Gasteiger partial charge in [-0.05, 0) is 38.1 Å². The number of aliphatic hydroxyl groups excluding tert-OH is 2. The number of oxime groups is 1. The molecule has 0 aromatic heterocycles. The number of anilines is 1. The van der Waals surface area contributed by atoms with Crippen LogP contribution in [0.4, 0.5) is 18.9 Å². The number of carbonyl (C=O) groups is 4. The zero-order valence-electron chi connectivity index (χ0n) is 40.1. The Labute approximate surface area is 399 Å². The first-order valence-corrected chi connectivity index (χ1v) is 22.8. The van der Waals surface area contributed by atoms with E-state index in [0.717, 1.165) is 18.2 Å². The van der Waals surface area contributed by atoms with Crippen LogP contribution in [0.15, 0.2) is 77.3 Å². The average Bonchev–Trinajstić information content (AvgIpc) is 3.60. The number of alkyl halides is 3. The number of nitrogens with zero attached hydrogens (tertiary/aromatic N) is 3. The summed E-state index contributed by atoms with van der Waals surface area (Å²) in [6.45, 7) is 14.8. The smallest absolute Gasteiger partial charge is 0.416 e. The van der Waals surface area contributed by atoms with Crippen molar-refractivity contribution >= 4 is 34.8 Å². The van der Waals surface area contributed by atoms with Gasteiger partial charge in [0.25, 0.3) is 11.7 Å². The topological polar surface area (TPSA) is 206 Å². The minimum Gasteiger partial charge on any atom is -0.507 e. The number of methoxy groups -OCH3 is 1. The van der Waals surface area contributed by atoms with Gasteiger partial charge in [-0.2, -0.15) is 13.2 Å². The maximum absolute atomic E-state index is 14.2. The van der Waals surface area contributed by atoms with Crippen LogP contribution in [-0.2, 0) is 34.8 Å². The Kier molecular flexibility index (Phi) is 16.2. The molecule has 7 rings (SSSR count). The number of amides is 1. The molecule has 2 aromatic carbocycles. The fourth-order valence-electron chi connectivity index (χ4n) is 9.15. The highest BCUT2D eigenvalue weighted by Crippen LogP contribution is 2.48. The number of phenolic OH excluding ortho intramolecular Hbond substituents is 1. The maximum Gasteiger partial charge on any atom is 0.416 e. The number of piperazine rings is 1. The summed E-state index contributed by atoms with van der Waals surface area (Å²) in [6.07, 6.45) is -0.0742. The summed E-state index contributed by atoms with van der Waals surface area (Å²) >= 11 is 0. The van der Waals surface area contributed by atoms with Crippen molar-refractivity contribution in [2.75, 3.05) is 51.3 Å². The Balaban J connectivity index is 1.35. The van der Waals surface area contributed by atoms with Gasteiger partial charge in [0, 0.05) is 100 Å². The normalized spacial score (nSPS) is 29.0. The van der Waals surface area contributed by atoms with Crippen LogP contribution in [0.1, 0.15) is 85.9 Å². The van der Waals surface area contributed by atoms with Gasteiger partial charge in [0.15, 0.2) is 11.5 Å². The molecule has 1 aliphatic carbocycles. The first-order chi connectivity index (χ1) is 32.5. The number of nitrogens with one attached hydrogen (secondary N) is 1. The first-order valence-electron chi connectivity index (χ1n) is 22.8. The third-order valence-corrected chi connectivity index (χ3v) is 13.4. The van der Waals surface area contributed by atoms with Crippen LogP contribution in [0, 0.1) is 30.6 Å². The molecule has 9 atom stereocenters. The second-order valence-corrected chi connectivity index (χ2v) is 18.2. The fourth-order valence-corrected chi connectivity index (χ4v) is 9.15. The molecule has 5 aliphatic rings. The molecule has 19 heteroatoms. The number of fused-ring (bicyclic) bond motifs is 14. The summed E-state index contributed by atoms with van der Waals surface area (Å²) in [4.78, 5) is 64.1. The molecule has 4 aliphatic heterocycles. The Morgan fingerprint density at radius 3 is 2.32 bits per heavy atom. The number of allylic oxidation sites excluding steroid dienone is 4. The summed E-state index contributed by atoms with van der Waals surface area (Å²) in [5.41, 5.74) is -1.23. The van der Waals surface area contributed by atoms with Crippen molar-refractivity contribution in [1.29, 1.82) is 0 Å². The van der Waals surface area contributed by atoms with Crippen molar-refractivity contribution < 1.29 is 71.5 Å². The summed E-state index contributed by atoms with van der Waals surface area (Å²) in [5.74, 6) is -8.05. The van der Waals surface area contributed by atoms with E-state index >= 15 is 0 Å². The number of ether oxygens (including phenoxy) is 4. The molecule has 1 amide bonds. The number of aliphatic hydroxyl groups is 2. The number of Topliss-reactive ketones (excluding diaryl/α,β-unsaturated/α-hetero) is 1. The molecule has 374 valence electrons. The number of benzene rings is 2. The highest BCUT2D eigenvalue weighted by atomic mass is 19.4. The van der Waals surface area contributed by atoms with E-state index < -0.39 is 106 Å². The van der Waals surface area contributed by atoms with Crippen molar-refractivity contribution in [2.45, 2.75) is 91.8 Å². The molecule has 0 saturated carbocycles. The third kappa shape index (κ3) is 11.2. The number of esters is 1. The number of carbonyl (C=O) groups excluding carboxylic acids is 4. The van der Waals surface area contributed by atoms with Gasteiger partial charge in [0.1, 0.15) is 24.2 Å². The zero-order chi connectivity index (χ0) is 50.7. The predicted octanol–water partition coefficient (Wildman–Crippen LogP) is 6.01. The molecule has 4 heterocycles. The minimum atomic E-state index is -4.47. The summed E-state index contributed by atoms with van der Waals surface area (Å²) in [6, 6.07) is 5.18. The molecular formula is C50H61F3N4O12. The minimum absolute atomic E-state index is 0.00127. The molecule has 2 aromatic rings. The molecule has 0 spiro atoms. The lowest BCUT2D eigenvalue weighted by atomic mass is 9.78. The first kappa shape index (κ1) is 52.4. The van der Waals surface area contributed by atoms with E-state index in [1.165, 1.54) is 59.3 Å². The molecular weight excluding hydrogens is 906 g/mol. The number of rotatable bonds is 7. The van der Waals surface area contributed by atoms with Crippen LogP contribution in [0.25, 0.3) is 0 Å². The number of halogens is 3. The number of hydrogen-bond donors (Lipinski definition) is 4. The predicted molar refractivity (Wildman–Crippen MR) is 247 cm³/mol. The van der Waals surface area contributed by atoms with Crippen LogP contribution >= 0.6 is 0 Å². The van der Waals surface area contributed by atoms with E-state index in [1.807, 2.05) is 9.80 Å². The van der Waals surface area contributed by atoms with Crippen LogP contribution in [0.3, 0.4) is 0 Å². The van der Waals surface area contributed by atoms with Gasteiger partial charge in [-0.15, -0.1) is 0 Å². The lowest BCUT2D eigenvalue weighted by Gasteiger charge is -2.38. The van der Waals surface area contributed by atoms with E-state index in [0.29, 0.717) is 38.4 Å². The zero-order valence-corrected chi connectivity index (χ0v) is 40.1. The van der Waals surface area contributed by atoms with Crippen LogP contribution in [0.2, 0.25) is 0 Å². The molecule has 0 unspecified atom stereocenters. The van der Waals surface area contributed by atoms with E-state index in [-0.39, 0.29) is 40.3 Å². The second-order valence-electron chi connectivity index (χ2n) is 18.2. The lowest BCUT2D eigenvalue weighted by molar-refractivity contribution is -0.160. The van der Waals surface area contributed by atoms with Crippen LogP contribution in [-0.4, -0.2) is 126 Å². The lowest BCUT2D eigenvalue weighted by Crippen LogP contribution is -2.47. The monoisotopic (exact) mass is 966 g/mol. The second kappa shape index (κ2) is 21.3. The largest absolute Gasteiger partial charge is 0.507 e. The maximum atomic E-state index is 14.2. The van der Waals surface area contributed by atoms with E-state index in [2.05, 4.69) is 10.5 Å². The van der Waals surface area contributed by atoms with E-state index in [9.17, 15) is 47.7 Å². The van der Waals surface area contributed by atoms with Gasteiger partial charge in [-0.3, -0.25) is 24.1 Å². The van der Waals surface area contributed by atoms with Crippen molar-refractivity contribution in [1.82, 2.24) is 10.2 Å². The van der Waals surface area contributed by atoms with E-state index in [4.69, 9.17) is 23.8 Å². The van der Waals surface area contributed by atoms with Gasteiger partial charge < -0.3 is 49.3 Å². The van der Waals surface area contributed by atoms with Crippen molar-refractivity contribution in [3.63, 3.8) is 0 Å².